The second-order valence-corrected chi connectivity index (χ2v) is 4.01. The Hall–Kier alpha value is -1.35. The van der Waals surface area contributed by atoms with Gasteiger partial charge in [-0.05, 0) is 42.5 Å². The van der Waals surface area contributed by atoms with Crippen molar-refractivity contribution >= 4 is 5.57 Å². The molecule has 16 heavy (non-hydrogen) atoms. The van der Waals surface area contributed by atoms with Gasteiger partial charge < -0.3 is 9.84 Å². The Bertz CT molecular complexity index is 412. The summed E-state index contributed by atoms with van der Waals surface area (Å²) in [6.45, 7) is 0. The highest BCUT2D eigenvalue weighted by molar-refractivity contribution is 5.67. The minimum absolute atomic E-state index is 0.244. The molecule has 1 aromatic carbocycles. The molecule has 0 aliphatic heterocycles. The lowest BCUT2D eigenvalue weighted by molar-refractivity contribution is 0.166. The van der Waals surface area contributed by atoms with Crippen molar-refractivity contribution < 1.29 is 14.2 Å². The number of hydrogen-bond donors (Lipinski definition) is 1. The summed E-state index contributed by atoms with van der Waals surface area (Å²) in [6.07, 6.45) is 3.94. The Morgan fingerprint density at radius 1 is 1.44 bits per heavy atom. The van der Waals surface area contributed by atoms with Crippen LogP contribution in [0.4, 0.5) is 4.39 Å². The molecule has 1 atom stereocenters. The van der Waals surface area contributed by atoms with E-state index in [4.69, 9.17) is 4.74 Å². The molecule has 0 heterocycles. The molecule has 0 fully saturated rings. The monoisotopic (exact) mass is 222 g/mol. The maximum absolute atomic E-state index is 13.5. The minimum atomic E-state index is -0.341. The van der Waals surface area contributed by atoms with Crippen LogP contribution in [0.5, 0.6) is 5.75 Å². The second-order valence-electron chi connectivity index (χ2n) is 4.01. The molecular weight excluding hydrogens is 207 g/mol. The molecule has 0 saturated carbocycles. The number of allylic oxidation sites excluding steroid dienone is 1. The van der Waals surface area contributed by atoms with Crippen LogP contribution >= 0.6 is 0 Å². The first-order valence-corrected chi connectivity index (χ1v) is 5.41. The molecule has 86 valence electrons. The standard InChI is InChI=1S/C13H15FO2/c1-16-13-7-4-10(8-12(13)14)9-2-5-11(15)6-3-9/h2,4,7-8,11,15H,3,5-6H2,1H3. The van der Waals surface area contributed by atoms with Gasteiger partial charge >= 0.3 is 0 Å². The summed E-state index contributed by atoms with van der Waals surface area (Å²) < 4.78 is 18.4. The number of rotatable bonds is 2. The van der Waals surface area contributed by atoms with Crippen LogP contribution in [0.2, 0.25) is 0 Å². The minimum Gasteiger partial charge on any atom is -0.494 e. The molecule has 1 aliphatic rings. The van der Waals surface area contributed by atoms with Crippen molar-refractivity contribution in [1.82, 2.24) is 0 Å². The average molecular weight is 222 g/mol. The lowest BCUT2D eigenvalue weighted by atomic mass is 9.92. The predicted molar refractivity (Wildman–Crippen MR) is 60.8 cm³/mol. The third-order valence-electron chi connectivity index (χ3n) is 2.91. The van der Waals surface area contributed by atoms with E-state index in [1.54, 1.807) is 6.07 Å². The van der Waals surface area contributed by atoms with Gasteiger partial charge in [-0.3, -0.25) is 0 Å². The fraction of sp³-hybridized carbons (Fsp3) is 0.385. The first kappa shape index (κ1) is 11.1. The molecule has 1 N–H and O–H groups in total. The summed E-state index contributed by atoms with van der Waals surface area (Å²) in [7, 11) is 1.45. The van der Waals surface area contributed by atoms with Crippen LogP contribution in [-0.2, 0) is 0 Å². The molecule has 0 saturated heterocycles. The van der Waals surface area contributed by atoms with Gasteiger partial charge in [-0.25, -0.2) is 4.39 Å². The van der Waals surface area contributed by atoms with Crippen molar-refractivity contribution in [1.29, 1.82) is 0 Å². The maximum atomic E-state index is 13.5. The Kier molecular flexibility index (Phi) is 3.25. The summed E-state index contributed by atoms with van der Waals surface area (Å²) in [4.78, 5) is 0. The lowest BCUT2D eigenvalue weighted by Crippen LogP contribution is -2.09. The zero-order valence-corrected chi connectivity index (χ0v) is 9.24. The second kappa shape index (κ2) is 4.66. The van der Waals surface area contributed by atoms with Gasteiger partial charge in [-0.1, -0.05) is 12.1 Å². The number of methoxy groups -OCH3 is 1. The molecule has 1 aromatic rings. The first-order valence-electron chi connectivity index (χ1n) is 5.41. The first-order chi connectivity index (χ1) is 7.70. The number of benzene rings is 1. The Morgan fingerprint density at radius 3 is 2.81 bits per heavy atom. The van der Waals surface area contributed by atoms with Gasteiger partial charge in [0.1, 0.15) is 0 Å². The molecule has 2 rings (SSSR count). The fourth-order valence-corrected chi connectivity index (χ4v) is 1.95. The van der Waals surface area contributed by atoms with E-state index in [2.05, 4.69) is 0 Å². The highest BCUT2D eigenvalue weighted by Crippen LogP contribution is 2.29. The van der Waals surface area contributed by atoms with Crippen LogP contribution in [0.25, 0.3) is 5.57 Å². The van der Waals surface area contributed by atoms with Crippen molar-refractivity contribution in [3.63, 3.8) is 0 Å². The number of aliphatic hydroxyl groups excluding tert-OH is 1. The van der Waals surface area contributed by atoms with Crippen molar-refractivity contribution in [2.24, 2.45) is 0 Å². The van der Waals surface area contributed by atoms with E-state index in [9.17, 15) is 9.50 Å². The Labute approximate surface area is 94.4 Å². The van der Waals surface area contributed by atoms with E-state index in [1.807, 2.05) is 12.1 Å². The number of hydrogen-bond acceptors (Lipinski definition) is 2. The van der Waals surface area contributed by atoms with Crippen molar-refractivity contribution in [3.8, 4) is 5.75 Å². The topological polar surface area (TPSA) is 29.5 Å². The van der Waals surface area contributed by atoms with Gasteiger partial charge in [0.15, 0.2) is 11.6 Å². The van der Waals surface area contributed by atoms with E-state index >= 15 is 0 Å². The van der Waals surface area contributed by atoms with Crippen LogP contribution in [0.15, 0.2) is 24.3 Å². The molecule has 2 nitrogen and oxygen atoms in total. The van der Waals surface area contributed by atoms with Gasteiger partial charge in [0.25, 0.3) is 0 Å². The third kappa shape index (κ3) is 2.25. The number of ether oxygens (including phenoxy) is 1. The van der Waals surface area contributed by atoms with Crippen LogP contribution < -0.4 is 4.74 Å². The zero-order valence-electron chi connectivity index (χ0n) is 9.24. The Morgan fingerprint density at radius 2 is 2.25 bits per heavy atom. The van der Waals surface area contributed by atoms with Crippen LogP contribution in [0.1, 0.15) is 24.8 Å². The van der Waals surface area contributed by atoms with Crippen LogP contribution in [-0.4, -0.2) is 18.3 Å². The normalized spacial score (nSPS) is 20.4. The van der Waals surface area contributed by atoms with E-state index in [1.165, 1.54) is 13.2 Å². The molecule has 0 amide bonds. The van der Waals surface area contributed by atoms with Crippen molar-refractivity contribution in [2.75, 3.05) is 7.11 Å². The van der Waals surface area contributed by atoms with Crippen LogP contribution in [0.3, 0.4) is 0 Å². The third-order valence-corrected chi connectivity index (χ3v) is 2.91. The predicted octanol–water partition coefficient (Wildman–Crippen LogP) is 2.76. The number of halogens is 1. The largest absolute Gasteiger partial charge is 0.494 e. The average Bonchev–Trinajstić information content (AvgIpc) is 2.30. The summed E-state index contributed by atoms with van der Waals surface area (Å²) in [5.41, 5.74) is 1.98. The Balaban J connectivity index is 2.25. The van der Waals surface area contributed by atoms with E-state index in [0.29, 0.717) is 6.42 Å². The zero-order chi connectivity index (χ0) is 11.5. The smallest absolute Gasteiger partial charge is 0.165 e. The summed E-state index contributed by atoms with van der Waals surface area (Å²) in [5.74, 6) is -0.0767. The summed E-state index contributed by atoms with van der Waals surface area (Å²) in [5, 5.41) is 9.37. The molecular formula is C13H15FO2. The molecule has 1 unspecified atom stereocenters. The molecule has 0 spiro atoms. The van der Waals surface area contributed by atoms with E-state index in [-0.39, 0.29) is 17.7 Å². The molecule has 0 bridgehead atoms. The van der Waals surface area contributed by atoms with Gasteiger partial charge in [0, 0.05) is 0 Å². The highest BCUT2D eigenvalue weighted by Gasteiger charge is 2.14. The maximum Gasteiger partial charge on any atom is 0.165 e. The van der Waals surface area contributed by atoms with Crippen LogP contribution in [0, 0.1) is 5.82 Å². The molecule has 0 radical (unpaired) electrons. The van der Waals surface area contributed by atoms with Gasteiger partial charge in [-0.15, -0.1) is 0 Å². The van der Waals surface area contributed by atoms with E-state index < -0.39 is 0 Å². The molecule has 3 heteroatoms. The van der Waals surface area contributed by atoms with E-state index in [0.717, 1.165) is 24.0 Å². The quantitative estimate of drug-likeness (QED) is 0.833. The fourth-order valence-electron chi connectivity index (χ4n) is 1.95. The summed E-state index contributed by atoms with van der Waals surface area (Å²) in [6, 6.07) is 4.98. The van der Waals surface area contributed by atoms with Gasteiger partial charge in [0.05, 0.1) is 13.2 Å². The van der Waals surface area contributed by atoms with Gasteiger partial charge in [0.2, 0.25) is 0 Å². The molecule has 1 aliphatic carbocycles. The highest BCUT2D eigenvalue weighted by atomic mass is 19.1. The summed E-state index contributed by atoms with van der Waals surface area (Å²) >= 11 is 0. The van der Waals surface area contributed by atoms with Gasteiger partial charge in [-0.2, -0.15) is 0 Å². The lowest BCUT2D eigenvalue weighted by Gasteiger charge is -2.17. The molecule has 0 aromatic heterocycles. The SMILES string of the molecule is COc1ccc(C2=CCC(O)CC2)cc1F. The number of aliphatic hydroxyl groups is 1. The van der Waals surface area contributed by atoms with Crippen molar-refractivity contribution in [3.05, 3.63) is 35.7 Å². The van der Waals surface area contributed by atoms with Crippen molar-refractivity contribution in [2.45, 2.75) is 25.4 Å².